The van der Waals surface area contributed by atoms with Crippen molar-refractivity contribution in [2.75, 3.05) is 26.8 Å². The molecule has 0 bridgehead atoms. The van der Waals surface area contributed by atoms with Crippen molar-refractivity contribution in [3.05, 3.63) is 0 Å². The first-order valence-electron chi connectivity index (χ1n) is 8.62. The Balaban J connectivity index is 2.10. The van der Waals surface area contributed by atoms with E-state index < -0.39 is 0 Å². The fourth-order valence-corrected chi connectivity index (χ4v) is 4.25. The summed E-state index contributed by atoms with van der Waals surface area (Å²) in [6.45, 7) is 7.30. The lowest BCUT2D eigenvalue weighted by Crippen LogP contribution is -2.60. The van der Waals surface area contributed by atoms with Gasteiger partial charge in [0.05, 0.1) is 6.61 Å². The first-order valence-corrected chi connectivity index (χ1v) is 8.62. The summed E-state index contributed by atoms with van der Waals surface area (Å²) in [6, 6.07) is 0.603. The van der Waals surface area contributed by atoms with Crippen molar-refractivity contribution >= 4 is 0 Å². The molecule has 0 aromatic carbocycles. The molecule has 3 nitrogen and oxygen atoms in total. The second-order valence-corrected chi connectivity index (χ2v) is 7.07. The van der Waals surface area contributed by atoms with Crippen molar-refractivity contribution in [3.63, 3.8) is 0 Å². The first kappa shape index (κ1) is 16.3. The molecule has 3 atom stereocenters. The third-order valence-electron chi connectivity index (χ3n) is 5.80. The van der Waals surface area contributed by atoms with E-state index in [0.717, 1.165) is 31.5 Å². The van der Waals surface area contributed by atoms with E-state index in [0.29, 0.717) is 6.04 Å². The molecule has 0 heterocycles. The number of hydrogen-bond donors (Lipinski definition) is 1. The number of nitrogens with two attached hydrogens (primary N) is 1. The first-order chi connectivity index (χ1) is 9.66. The topological polar surface area (TPSA) is 38.5 Å². The van der Waals surface area contributed by atoms with Crippen LogP contribution in [0.5, 0.6) is 0 Å². The van der Waals surface area contributed by atoms with E-state index in [1.54, 1.807) is 7.11 Å². The maximum Gasteiger partial charge on any atom is 0.0590 e. The highest BCUT2D eigenvalue weighted by Crippen LogP contribution is 2.48. The molecule has 2 rings (SSSR count). The van der Waals surface area contributed by atoms with Crippen LogP contribution in [-0.2, 0) is 4.74 Å². The van der Waals surface area contributed by atoms with E-state index in [9.17, 15) is 0 Å². The van der Waals surface area contributed by atoms with Crippen LogP contribution in [-0.4, -0.2) is 43.3 Å². The van der Waals surface area contributed by atoms with Gasteiger partial charge in [-0.05, 0) is 50.9 Å². The van der Waals surface area contributed by atoms with E-state index in [1.165, 1.54) is 44.9 Å². The van der Waals surface area contributed by atoms with Gasteiger partial charge in [0.15, 0.2) is 0 Å². The third-order valence-corrected chi connectivity index (χ3v) is 5.80. The molecule has 0 saturated heterocycles. The Morgan fingerprint density at radius 3 is 2.60 bits per heavy atom. The van der Waals surface area contributed by atoms with E-state index in [4.69, 9.17) is 10.5 Å². The van der Waals surface area contributed by atoms with E-state index in [-0.39, 0.29) is 5.54 Å². The Kier molecular flexibility index (Phi) is 5.88. The van der Waals surface area contributed by atoms with Crippen LogP contribution in [0.25, 0.3) is 0 Å². The van der Waals surface area contributed by atoms with Crippen molar-refractivity contribution in [2.45, 2.75) is 70.4 Å². The van der Waals surface area contributed by atoms with Crippen LogP contribution >= 0.6 is 0 Å². The van der Waals surface area contributed by atoms with Crippen LogP contribution in [0.1, 0.15) is 58.8 Å². The SMILES string of the molecule is CCC(C)N(CCOC)C1(CN)CCCC(C2CC2)C1. The van der Waals surface area contributed by atoms with Gasteiger partial charge in [-0.15, -0.1) is 0 Å². The molecule has 3 heteroatoms. The third kappa shape index (κ3) is 3.55. The van der Waals surface area contributed by atoms with Crippen molar-refractivity contribution in [3.8, 4) is 0 Å². The summed E-state index contributed by atoms with van der Waals surface area (Å²) in [5.41, 5.74) is 6.54. The molecule has 2 N–H and O–H groups in total. The molecule has 0 spiro atoms. The predicted octanol–water partition coefficient (Wildman–Crippen LogP) is 3.03. The van der Waals surface area contributed by atoms with Crippen molar-refractivity contribution < 1.29 is 4.74 Å². The lowest BCUT2D eigenvalue weighted by atomic mass is 9.72. The average Bonchev–Trinajstić information content (AvgIpc) is 3.32. The van der Waals surface area contributed by atoms with Gasteiger partial charge in [0.1, 0.15) is 0 Å². The minimum atomic E-state index is 0.236. The minimum Gasteiger partial charge on any atom is -0.383 e. The van der Waals surface area contributed by atoms with Gasteiger partial charge >= 0.3 is 0 Å². The quantitative estimate of drug-likeness (QED) is 0.743. The highest BCUT2D eigenvalue weighted by atomic mass is 16.5. The fraction of sp³-hybridized carbons (Fsp3) is 1.00. The van der Waals surface area contributed by atoms with Crippen LogP contribution in [0.4, 0.5) is 0 Å². The Morgan fingerprint density at radius 1 is 1.30 bits per heavy atom. The molecule has 2 aliphatic rings. The number of rotatable bonds is 8. The molecular weight excluding hydrogens is 248 g/mol. The van der Waals surface area contributed by atoms with Gasteiger partial charge in [0.2, 0.25) is 0 Å². The zero-order chi connectivity index (χ0) is 14.6. The minimum absolute atomic E-state index is 0.236. The number of nitrogens with zero attached hydrogens (tertiary/aromatic N) is 1. The van der Waals surface area contributed by atoms with E-state index in [2.05, 4.69) is 18.7 Å². The summed E-state index contributed by atoms with van der Waals surface area (Å²) >= 11 is 0. The summed E-state index contributed by atoms with van der Waals surface area (Å²) in [5, 5.41) is 0. The second kappa shape index (κ2) is 7.24. The van der Waals surface area contributed by atoms with Crippen LogP contribution in [0.2, 0.25) is 0 Å². The highest BCUT2D eigenvalue weighted by Gasteiger charge is 2.45. The lowest BCUT2D eigenvalue weighted by Gasteiger charge is -2.51. The standard InChI is InChI=1S/C17H34N2O/c1-4-14(2)19(10-11-20-3)17(13-18)9-5-6-16(12-17)15-7-8-15/h14-16H,4-13,18H2,1-3H3. The summed E-state index contributed by atoms with van der Waals surface area (Å²) < 4.78 is 5.35. The summed E-state index contributed by atoms with van der Waals surface area (Å²) in [7, 11) is 1.80. The largest absolute Gasteiger partial charge is 0.383 e. The molecule has 0 aromatic rings. The summed E-state index contributed by atoms with van der Waals surface area (Å²) in [5.74, 6) is 1.95. The fourth-order valence-electron chi connectivity index (χ4n) is 4.25. The second-order valence-electron chi connectivity index (χ2n) is 7.07. The number of hydrogen-bond acceptors (Lipinski definition) is 3. The Hall–Kier alpha value is -0.120. The lowest BCUT2D eigenvalue weighted by molar-refractivity contribution is -0.0130. The van der Waals surface area contributed by atoms with Gasteiger partial charge in [0, 0.05) is 31.8 Å². The van der Waals surface area contributed by atoms with E-state index in [1.807, 2.05) is 0 Å². The molecule has 2 aliphatic carbocycles. The van der Waals surface area contributed by atoms with Gasteiger partial charge < -0.3 is 10.5 Å². The van der Waals surface area contributed by atoms with E-state index >= 15 is 0 Å². The van der Waals surface area contributed by atoms with Crippen molar-refractivity contribution in [2.24, 2.45) is 17.6 Å². The summed E-state index contributed by atoms with van der Waals surface area (Å²) in [4.78, 5) is 2.69. The van der Waals surface area contributed by atoms with Crippen LogP contribution in [0, 0.1) is 11.8 Å². The monoisotopic (exact) mass is 282 g/mol. The molecule has 3 unspecified atom stereocenters. The highest BCUT2D eigenvalue weighted by molar-refractivity contribution is 5.01. The molecule has 118 valence electrons. The molecule has 2 saturated carbocycles. The maximum absolute atomic E-state index is 6.30. The molecular formula is C17H34N2O. The Labute approximate surface area is 125 Å². The number of methoxy groups -OCH3 is 1. The smallest absolute Gasteiger partial charge is 0.0590 e. The van der Waals surface area contributed by atoms with Crippen LogP contribution < -0.4 is 5.73 Å². The van der Waals surface area contributed by atoms with Crippen molar-refractivity contribution in [1.82, 2.24) is 4.90 Å². The van der Waals surface area contributed by atoms with Gasteiger partial charge in [-0.1, -0.05) is 19.8 Å². The van der Waals surface area contributed by atoms with Crippen molar-refractivity contribution in [1.29, 1.82) is 0 Å². The van der Waals surface area contributed by atoms with Gasteiger partial charge in [-0.2, -0.15) is 0 Å². The maximum atomic E-state index is 6.30. The van der Waals surface area contributed by atoms with Crippen LogP contribution in [0.15, 0.2) is 0 Å². The Bertz CT molecular complexity index is 293. The van der Waals surface area contributed by atoms with Gasteiger partial charge in [-0.3, -0.25) is 4.90 Å². The molecule has 2 fully saturated rings. The zero-order valence-corrected chi connectivity index (χ0v) is 13.7. The molecule has 20 heavy (non-hydrogen) atoms. The zero-order valence-electron chi connectivity index (χ0n) is 13.7. The molecule has 0 aromatic heterocycles. The molecule has 0 aliphatic heterocycles. The predicted molar refractivity (Wildman–Crippen MR) is 84.8 cm³/mol. The molecule has 0 amide bonds. The van der Waals surface area contributed by atoms with Gasteiger partial charge in [-0.25, -0.2) is 0 Å². The Morgan fingerprint density at radius 2 is 2.05 bits per heavy atom. The van der Waals surface area contributed by atoms with Crippen LogP contribution in [0.3, 0.4) is 0 Å². The average molecular weight is 282 g/mol. The molecule has 0 radical (unpaired) electrons. The normalized spacial score (nSPS) is 32.5. The summed E-state index contributed by atoms with van der Waals surface area (Å²) in [6.07, 6.45) is 9.52. The number of ether oxygens (including phenoxy) is 1. The van der Waals surface area contributed by atoms with Gasteiger partial charge in [0.25, 0.3) is 0 Å².